The van der Waals surface area contributed by atoms with Crippen LogP contribution in [0.25, 0.3) is 0 Å². The van der Waals surface area contributed by atoms with Crippen molar-refractivity contribution in [1.29, 1.82) is 0 Å². The van der Waals surface area contributed by atoms with Gasteiger partial charge in [0.15, 0.2) is 0 Å². The molecule has 0 unspecified atom stereocenters. The van der Waals surface area contributed by atoms with Gasteiger partial charge in [-0.05, 0) is 24.8 Å². The molecule has 2 aliphatic rings. The number of carbonyl (C=O) groups excluding carboxylic acids is 3. The van der Waals surface area contributed by atoms with Gasteiger partial charge in [0.2, 0.25) is 17.7 Å². The van der Waals surface area contributed by atoms with Crippen LogP contribution >= 0.6 is 0 Å². The third-order valence-corrected chi connectivity index (χ3v) is 5.46. The first-order valence-corrected chi connectivity index (χ1v) is 9.29. The highest BCUT2D eigenvalue weighted by Gasteiger charge is 2.35. The lowest BCUT2D eigenvalue weighted by Gasteiger charge is -2.32. The smallest absolute Gasteiger partial charge is 0.229 e. The number of benzene rings is 1. The number of carbonyl (C=O) groups is 3. The van der Waals surface area contributed by atoms with Crippen LogP contribution < -0.4 is 0 Å². The SMILES string of the molecule is CC[C@@H](c1ccccc1)[C@H]1CCCN1C(=O)CCN1C(=O)CCC1=O. The fourth-order valence-electron chi connectivity index (χ4n) is 4.17. The molecule has 3 amide bonds. The minimum atomic E-state index is -0.147. The van der Waals surface area contributed by atoms with Gasteiger partial charge in [-0.1, -0.05) is 37.3 Å². The molecule has 1 aromatic rings. The summed E-state index contributed by atoms with van der Waals surface area (Å²) in [5.41, 5.74) is 1.28. The Morgan fingerprint density at radius 3 is 2.48 bits per heavy atom. The predicted molar refractivity (Wildman–Crippen MR) is 94.8 cm³/mol. The molecule has 3 rings (SSSR count). The van der Waals surface area contributed by atoms with Gasteiger partial charge in [0.25, 0.3) is 0 Å². The van der Waals surface area contributed by atoms with Crippen molar-refractivity contribution in [2.24, 2.45) is 0 Å². The normalized spacial score (nSPS) is 21.9. The van der Waals surface area contributed by atoms with Crippen molar-refractivity contribution >= 4 is 17.7 Å². The van der Waals surface area contributed by atoms with E-state index in [1.165, 1.54) is 10.5 Å². The third-order valence-electron chi connectivity index (χ3n) is 5.46. The molecule has 2 saturated heterocycles. The average molecular weight is 342 g/mol. The summed E-state index contributed by atoms with van der Waals surface area (Å²) in [5.74, 6) is 0.102. The van der Waals surface area contributed by atoms with E-state index in [-0.39, 0.29) is 49.6 Å². The molecule has 2 fully saturated rings. The zero-order valence-corrected chi connectivity index (χ0v) is 14.8. The van der Waals surface area contributed by atoms with Crippen LogP contribution in [0.1, 0.15) is 56.9 Å². The summed E-state index contributed by atoms with van der Waals surface area (Å²) in [7, 11) is 0. The maximum Gasteiger partial charge on any atom is 0.229 e. The second-order valence-electron chi connectivity index (χ2n) is 6.91. The molecule has 25 heavy (non-hydrogen) atoms. The molecule has 5 nitrogen and oxygen atoms in total. The van der Waals surface area contributed by atoms with Gasteiger partial charge in [-0.3, -0.25) is 19.3 Å². The molecule has 134 valence electrons. The molecule has 0 N–H and O–H groups in total. The van der Waals surface area contributed by atoms with Crippen molar-refractivity contribution in [2.45, 2.75) is 57.4 Å². The molecule has 2 aliphatic heterocycles. The topological polar surface area (TPSA) is 57.7 Å². The standard InChI is InChI=1S/C20H26N2O3/c1-2-16(15-7-4-3-5-8-15)17-9-6-13-21(17)20(25)12-14-22-18(23)10-11-19(22)24/h3-5,7-8,16-17H,2,6,9-14H2,1H3/t16-,17+/m0/s1. The first-order chi connectivity index (χ1) is 12.1. The lowest BCUT2D eigenvalue weighted by Crippen LogP contribution is -2.41. The van der Waals surface area contributed by atoms with Gasteiger partial charge in [-0.25, -0.2) is 0 Å². The number of likely N-dealkylation sites (tertiary alicyclic amines) is 2. The van der Waals surface area contributed by atoms with E-state index < -0.39 is 0 Å². The van der Waals surface area contributed by atoms with Crippen molar-refractivity contribution in [3.63, 3.8) is 0 Å². The summed E-state index contributed by atoms with van der Waals surface area (Å²) in [6.07, 6.45) is 3.82. The Balaban J connectivity index is 1.65. The Morgan fingerprint density at radius 2 is 1.84 bits per heavy atom. The highest BCUT2D eigenvalue weighted by atomic mass is 16.2. The van der Waals surface area contributed by atoms with Crippen molar-refractivity contribution in [2.75, 3.05) is 13.1 Å². The molecule has 0 saturated carbocycles. The molecule has 0 spiro atoms. The van der Waals surface area contributed by atoms with Gasteiger partial charge in [0.1, 0.15) is 0 Å². The van der Waals surface area contributed by atoms with Gasteiger partial charge < -0.3 is 4.90 Å². The predicted octanol–water partition coefficient (Wildman–Crippen LogP) is 2.71. The van der Waals surface area contributed by atoms with Gasteiger partial charge in [-0.2, -0.15) is 0 Å². The zero-order valence-electron chi connectivity index (χ0n) is 14.8. The molecule has 0 bridgehead atoms. The molecule has 1 aromatic carbocycles. The highest BCUT2D eigenvalue weighted by Crippen LogP contribution is 2.34. The van der Waals surface area contributed by atoms with Gasteiger partial charge >= 0.3 is 0 Å². The Morgan fingerprint density at radius 1 is 1.16 bits per heavy atom. The fourth-order valence-corrected chi connectivity index (χ4v) is 4.17. The van der Waals surface area contributed by atoms with E-state index in [9.17, 15) is 14.4 Å². The summed E-state index contributed by atoms with van der Waals surface area (Å²) in [6.45, 7) is 3.16. The van der Waals surface area contributed by atoms with E-state index >= 15 is 0 Å². The second-order valence-corrected chi connectivity index (χ2v) is 6.91. The zero-order chi connectivity index (χ0) is 17.8. The molecule has 0 radical (unpaired) electrons. The van der Waals surface area contributed by atoms with Crippen LogP contribution in [0.4, 0.5) is 0 Å². The van der Waals surface area contributed by atoms with Gasteiger partial charge in [-0.15, -0.1) is 0 Å². The molecule has 0 aromatic heterocycles. The minimum Gasteiger partial charge on any atom is -0.339 e. The first kappa shape index (κ1) is 17.6. The summed E-state index contributed by atoms with van der Waals surface area (Å²) in [6, 6.07) is 10.6. The Kier molecular flexibility index (Phi) is 5.51. The Hall–Kier alpha value is -2.17. The quantitative estimate of drug-likeness (QED) is 0.747. The lowest BCUT2D eigenvalue weighted by atomic mass is 9.87. The fraction of sp³-hybridized carbons (Fsp3) is 0.550. The molecule has 2 heterocycles. The largest absolute Gasteiger partial charge is 0.339 e. The second kappa shape index (κ2) is 7.81. The van der Waals surface area contributed by atoms with Crippen LogP contribution in [0, 0.1) is 0 Å². The average Bonchev–Trinajstić information content (AvgIpc) is 3.22. The van der Waals surface area contributed by atoms with Crippen LogP contribution in [-0.4, -0.2) is 46.7 Å². The van der Waals surface area contributed by atoms with Gasteiger partial charge in [0, 0.05) is 44.3 Å². The number of amides is 3. The van der Waals surface area contributed by atoms with E-state index in [2.05, 4.69) is 19.1 Å². The van der Waals surface area contributed by atoms with Crippen LogP contribution in [0.15, 0.2) is 30.3 Å². The number of imide groups is 1. The summed E-state index contributed by atoms with van der Waals surface area (Å²) >= 11 is 0. The van der Waals surface area contributed by atoms with Crippen molar-refractivity contribution in [1.82, 2.24) is 9.80 Å². The molecular formula is C20H26N2O3. The van der Waals surface area contributed by atoms with E-state index in [0.717, 1.165) is 25.8 Å². The number of rotatable bonds is 6. The monoisotopic (exact) mass is 342 g/mol. The van der Waals surface area contributed by atoms with Crippen molar-refractivity contribution in [3.8, 4) is 0 Å². The number of hydrogen-bond donors (Lipinski definition) is 0. The van der Waals surface area contributed by atoms with Crippen molar-refractivity contribution < 1.29 is 14.4 Å². The third kappa shape index (κ3) is 3.75. The van der Waals surface area contributed by atoms with E-state index in [0.29, 0.717) is 5.92 Å². The Labute approximate surface area is 149 Å². The maximum atomic E-state index is 12.8. The Bertz CT molecular complexity index is 628. The molecular weight excluding hydrogens is 316 g/mol. The van der Waals surface area contributed by atoms with E-state index in [4.69, 9.17) is 0 Å². The van der Waals surface area contributed by atoms with Crippen molar-refractivity contribution in [3.05, 3.63) is 35.9 Å². The van der Waals surface area contributed by atoms with Crippen LogP contribution in [0.3, 0.4) is 0 Å². The first-order valence-electron chi connectivity index (χ1n) is 9.29. The molecule has 2 atom stereocenters. The van der Waals surface area contributed by atoms with Crippen LogP contribution in [0.2, 0.25) is 0 Å². The summed E-state index contributed by atoms with van der Waals surface area (Å²) in [4.78, 5) is 39.4. The summed E-state index contributed by atoms with van der Waals surface area (Å²) in [5, 5.41) is 0. The molecule has 0 aliphatic carbocycles. The van der Waals surface area contributed by atoms with Crippen LogP contribution in [0.5, 0.6) is 0 Å². The van der Waals surface area contributed by atoms with E-state index in [1.54, 1.807) is 0 Å². The summed E-state index contributed by atoms with van der Waals surface area (Å²) < 4.78 is 0. The molecule has 5 heteroatoms. The minimum absolute atomic E-state index is 0.0596. The maximum absolute atomic E-state index is 12.8. The number of nitrogens with zero attached hydrogens (tertiary/aromatic N) is 2. The number of hydrogen-bond acceptors (Lipinski definition) is 3. The highest BCUT2D eigenvalue weighted by molar-refractivity contribution is 6.02. The lowest BCUT2D eigenvalue weighted by molar-refractivity contribution is -0.139. The van der Waals surface area contributed by atoms with Crippen LogP contribution in [-0.2, 0) is 14.4 Å². The van der Waals surface area contributed by atoms with Gasteiger partial charge in [0.05, 0.1) is 0 Å². The van der Waals surface area contributed by atoms with E-state index in [1.807, 2.05) is 23.1 Å².